The van der Waals surface area contributed by atoms with E-state index in [2.05, 4.69) is 21.0 Å². The van der Waals surface area contributed by atoms with Gasteiger partial charge in [0.1, 0.15) is 5.82 Å². The zero-order valence-corrected chi connectivity index (χ0v) is 10.9. The smallest absolute Gasteiger partial charge is 0.269 e. The van der Waals surface area contributed by atoms with Crippen LogP contribution in [-0.2, 0) is 0 Å². The van der Waals surface area contributed by atoms with Gasteiger partial charge in [-0.2, -0.15) is 5.10 Å². The fraction of sp³-hybridized carbons (Fsp3) is 0. The molecule has 0 bridgehead atoms. The second kappa shape index (κ2) is 5.12. The Morgan fingerprint density at radius 1 is 1.24 bits per heavy atom. The number of hydrogen-bond acceptors (Lipinski definition) is 4. The third-order valence-electron chi connectivity index (χ3n) is 3.00. The molecule has 0 aliphatic heterocycles. The van der Waals surface area contributed by atoms with Crippen LogP contribution in [0.5, 0.6) is 0 Å². The van der Waals surface area contributed by atoms with Crippen LogP contribution in [0.4, 0.5) is 15.9 Å². The van der Waals surface area contributed by atoms with Gasteiger partial charge in [-0.15, -0.1) is 0 Å². The highest BCUT2D eigenvalue weighted by Gasteiger charge is 2.09. The van der Waals surface area contributed by atoms with Crippen molar-refractivity contribution in [2.24, 2.45) is 0 Å². The zero-order chi connectivity index (χ0) is 14.8. The number of nitrogens with two attached hydrogens (primary N) is 1. The molecule has 1 heterocycles. The van der Waals surface area contributed by atoms with Crippen LogP contribution in [0.15, 0.2) is 42.5 Å². The third kappa shape index (κ3) is 2.62. The number of halogens is 1. The van der Waals surface area contributed by atoms with Crippen LogP contribution < -0.4 is 16.6 Å². The molecule has 3 rings (SSSR count). The molecule has 0 spiro atoms. The number of hydrazine groups is 1. The minimum absolute atomic E-state index is 0.331. The fourth-order valence-corrected chi connectivity index (χ4v) is 1.94. The van der Waals surface area contributed by atoms with Gasteiger partial charge in [0.2, 0.25) is 0 Å². The van der Waals surface area contributed by atoms with Crippen molar-refractivity contribution in [3.8, 4) is 0 Å². The van der Waals surface area contributed by atoms with Gasteiger partial charge < -0.3 is 5.73 Å². The summed E-state index contributed by atoms with van der Waals surface area (Å²) in [5, 5.41) is 7.29. The van der Waals surface area contributed by atoms with Gasteiger partial charge in [-0.1, -0.05) is 6.07 Å². The molecule has 6 nitrogen and oxygen atoms in total. The van der Waals surface area contributed by atoms with Crippen LogP contribution in [0, 0.1) is 5.82 Å². The summed E-state index contributed by atoms with van der Waals surface area (Å²) in [4.78, 5) is 12.0. The largest absolute Gasteiger partial charge is 0.382 e. The topological polar surface area (TPSA) is 95.8 Å². The lowest BCUT2D eigenvalue weighted by molar-refractivity contribution is 0.0963. The number of aromatic nitrogens is 2. The summed E-state index contributed by atoms with van der Waals surface area (Å²) in [6, 6.07) is 10.8. The highest BCUT2D eigenvalue weighted by atomic mass is 19.1. The first-order valence-electron chi connectivity index (χ1n) is 6.19. The van der Waals surface area contributed by atoms with Gasteiger partial charge in [0.05, 0.1) is 11.2 Å². The Balaban J connectivity index is 1.76. The molecule has 1 amide bonds. The summed E-state index contributed by atoms with van der Waals surface area (Å²) in [6.45, 7) is 0. The predicted octanol–water partition coefficient (Wildman–Crippen LogP) is 2.04. The molecule has 0 aliphatic rings. The van der Waals surface area contributed by atoms with E-state index < -0.39 is 0 Å². The maximum Gasteiger partial charge on any atom is 0.269 e. The van der Waals surface area contributed by atoms with Crippen LogP contribution in [0.2, 0.25) is 0 Å². The summed E-state index contributed by atoms with van der Waals surface area (Å²) in [5.41, 5.74) is 12.5. The van der Waals surface area contributed by atoms with Crippen LogP contribution >= 0.6 is 0 Å². The number of hydrogen-bond donors (Lipinski definition) is 4. The van der Waals surface area contributed by atoms with E-state index in [1.54, 1.807) is 30.3 Å². The molecule has 0 fully saturated rings. The minimum atomic E-state index is -0.387. The monoisotopic (exact) mass is 285 g/mol. The van der Waals surface area contributed by atoms with Crippen molar-refractivity contribution in [1.29, 1.82) is 0 Å². The number of H-pyrrole nitrogens is 1. The van der Waals surface area contributed by atoms with Gasteiger partial charge in [0.25, 0.3) is 5.91 Å². The van der Waals surface area contributed by atoms with Crippen LogP contribution in [0.25, 0.3) is 10.9 Å². The van der Waals surface area contributed by atoms with E-state index >= 15 is 0 Å². The second-order valence-corrected chi connectivity index (χ2v) is 4.46. The summed E-state index contributed by atoms with van der Waals surface area (Å²) in [5.74, 6) is -0.415. The Hall–Kier alpha value is -3.09. The fourth-order valence-electron chi connectivity index (χ4n) is 1.94. The summed E-state index contributed by atoms with van der Waals surface area (Å²) < 4.78 is 13.0. The number of nitrogen functional groups attached to an aromatic ring is 1. The van der Waals surface area contributed by atoms with Crippen molar-refractivity contribution < 1.29 is 9.18 Å². The van der Waals surface area contributed by atoms with Crippen LogP contribution in [0.1, 0.15) is 10.4 Å². The van der Waals surface area contributed by atoms with Crippen molar-refractivity contribution in [1.82, 2.24) is 15.6 Å². The van der Waals surface area contributed by atoms with Crippen molar-refractivity contribution in [3.05, 3.63) is 53.8 Å². The van der Waals surface area contributed by atoms with Gasteiger partial charge in [-0.05, 0) is 36.4 Å². The van der Waals surface area contributed by atoms with E-state index in [0.717, 1.165) is 5.52 Å². The molecule has 0 saturated carbocycles. The van der Waals surface area contributed by atoms with E-state index in [0.29, 0.717) is 22.5 Å². The summed E-state index contributed by atoms with van der Waals surface area (Å²) in [7, 11) is 0. The van der Waals surface area contributed by atoms with E-state index in [9.17, 15) is 9.18 Å². The molecule has 106 valence electrons. The Labute approximate surface area is 119 Å². The first-order chi connectivity index (χ1) is 10.1. The third-order valence-corrected chi connectivity index (χ3v) is 3.00. The predicted molar refractivity (Wildman–Crippen MR) is 78.0 cm³/mol. The number of benzene rings is 2. The van der Waals surface area contributed by atoms with E-state index in [1.165, 1.54) is 12.1 Å². The number of carbonyl (C=O) groups is 1. The molecule has 21 heavy (non-hydrogen) atoms. The Morgan fingerprint density at radius 2 is 2.10 bits per heavy atom. The van der Waals surface area contributed by atoms with E-state index in [4.69, 9.17) is 5.73 Å². The maximum atomic E-state index is 13.0. The Bertz CT molecular complexity index is 814. The Morgan fingerprint density at radius 3 is 2.90 bits per heavy atom. The molecule has 0 aliphatic carbocycles. The molecule has 0 unspecified atom stereocenters. The lowest BCUT2D eigenvalue weighted by atomic mass is 10.1. The van der Waals surface area contributed by atoms with Gasteiger partial charge in [-0.3, -0.25) is 20.7 Å². The van der Waals surface area contributed by atoms with Gasteiger partial charge in [0.15, 0.2) is 5.82 Å². The number of nitrogens with zero attached hydrogens (tertiary/aromatic N) is 1. The molecular weight excluding hydrogens is 273 g/mol. The lowest BCUT2D eigenvalue weighted by Crippen LogP contribution is -2.29. The Kier molecular flexibility index (Phi) is 3.15. The van der Waals surface area contributed by atoms with Gasteiger partial charge in [-0.25, -0.2) is 4.39 Å². The van der Waals surface area contributed by atoms with E-state index in [1.807, 2.05) is 0 Å². The molecule has 5 N–H and O–H groups in total. The first-order valence-corrected chi connectivity index (χ1v) is 6.19. The van der Waals surface area contributed by atoms with Gasteiger partial charge in [0, 0.05) is 10.9 Å². The highest BCUT2D eigenvalue weighted by Crippen LogP contribution is 2.19. The molecule has 1 aromatic heterocycles. The summed E-state index contributed by atoms with van der Waals surface area (Å²) >= 11 is 0. The quantitative estimate of drug-likeness (QED) is 0.554. The molecule has 3 aromatic rings. The average molecular weight is 285 g/mol. The van der Waals surface area contributed by atoms with E-state index in [-0.39, 0.29) is 11.7 Å². The van der Waals surface area contributed by atoms with Crippen LogP contribution in [0.3, 0.4) is 0 Å². The maximum absolute atomic E-state index is 13.0. The summed E-state index contributed by atoms with van der Waals surface area (Å²) in [6.07, 6.45) is 0. The number of nitrogens with one attached hydrogen (secondary N) is 3. The van der Waals surface area contributed by atoms with Crippen LogP contribution in [-0.4, -0.2) is 16.1 Å². The van der Waals surface area contributed by atoms with Crippen molar-refractivity contribution in [3.63, 3.8) is 0 Å². The molecule has 2 aromatic carbocycles. The van der Waals surface area contributed by atoms with Crippen molar-refractivity contribution in [2.45, 2.75) is 0 Å². The number of fused-ring (bicyclic) bond motifs is 1. The molecule has 0 saturated heterocycles. The average Bonchev–Trinajstić information content (AvgIpc) is 2.86. The van der Waals surface area contributed by atoms with Crippen molar-refractivity contribution in [2.75, 3.05) is 11.2 Å². The number of amides is 1. The number of aromatic amines is 1. The molecular formula is C14H12FN5O. The SMILES string of the molecule is Nc1n[nH]c2ccc(C(=O)NNc3cccc(F)c3)cc12. The number of rotatable bonds is 3. The second-order valence-electron chi connectivity index (χ2n) is 4.46. The van der Waals surface area contributed by atoms with Crippen molar-refractivity contribution >= 4 is 28.3 Å². The first kappa shape index (κ1) is 12.9. The molecule has 0 radical (unpaired) electrons. The zero-order valence-electron chi connectivity index (χ0n) is 10.9. The standard InChI is InChI=1S/C14H12FN5O/c15-9-2-1-3-10(7-9)17-20-14(21)8-4-5-12-11(6-8)13(16)19-18-12/h1-7,17H,(H,20,21)(H3,16,18,19). The van der Waals surface area contributed by atoms with Gasteiger partial charge >= 0.3 is 0 Å². The normalized spacial score (nSPS) is 10.5. The lowest BCUT2D eigenvalue weighted by Gasteiger charge is -2.08. The molecule has 0 atom stereocenters. The molecule has 7 heteroatoms. The number of carbonyl (C=O) groups excluding carboxylic acids is 1. The minimum Gasteiger partial charge on any atom is -0.382 e. The number of anilines is 2. The highest BCUT2D eigenvalue weighted by molar-refractivity contribution is 6.00.